The summed E-state index contributed by atoms with van der Waals surface area (Å²) in [6.45, 7) is 2.64. The lowest BCUT2D eigenvalue weighted by atomic mass is 9.88. The predicted molar refractivity (Wildman–Crippen MR) is 139 cm³/mol. The lowest BCUT2D eigenvalue weighted by molar-refractivity contribution is -0.140. The van der Waals surface area contributed by atoms with E-state index < -0.39 is 30.8 Å². The Morgan fingerprint density at radius 3 is 2.42 bits per heavy atom. The Kier molecular flexibility index (Phi) is 7.89. The largest absolute Gasteiger partial charge is 0.405 e. The highest BCUT2D eigenvalue weighted by Gasteiger charge is 2.48. The Morgan fingerprint density at radius 1 is 1.10 bits per heavy atom. The number of halogens is 3. The number of ether oxygens (including phenoxy) is 1. The normalized spacial score (nSPS) is 19.4. The Hall–Kier alpha value is -3.41. The molecule has 2 saturated carbocycles. The maximum Gasteiger partial charge on any atom is 0.405 e. The second kappa shape index (κ2) is 11.2. The van der Waals surface area contributed by atoms with E-state index in [1.54, 1.807) is 35.1 Å². The molecule has 2 aliphatic carbocycles. The van der Waals surface area contributed by atoms with Crippen LogP contribution in [0.3, 0.4) is 0 Å². The molecule has 3 amide bonds. The van der Waals surface area contributed by atoms with E-state index in [0.29, 0.717) is 28.8 Å². The number of alkyl halides is 3. The summed E-state index contributed by atoms with van der Waals surface area (Å²) in [5.41, 5.74) is 2.36. The topological polar surface area (TPSA) is 114 Å². The summed E-state index contributed by atoms with van der Waals surface area (Å²) in [5.74, 6) is -0.540. The third-order valence-corrected chi connectivity index (χ3v) is 7.73. The molecule has 1 aliphatic heterocycles. The van der Waals surface area contributed by atoms with Gasteiger partial charge in [-0.05, 0) is 86.6 Å². The van der Waals surface area contributed by atoms with E-state index >= 15 is 0 Å². The minimum absolute atomic E-state index is 0.0149. The van der Waals surface area contributed by atoms with Crippen LogP contribution in [0.2, 0.25) is 0 Å². The van der Waals surface area contributed by atoms with Gasteiger partial charge < -0.3 is 20.7 Å². The number of aromatic nitrogens is 2. The number of fused-ring (bicyclic) bond motifs is 1. The van der Waals surface area contributed by atoms with Crippen LogP contribution in [0.5, 0.6) is 0 Å². The summed E-state index contributed by atoms with van der Waals surface area (Å²) in [4.78, 5) is 39.0. The molecule has 2 fully saturated rings. The molecule has 0 saturated heterocycles. The SMILES string of the molecule is CC(C)n1nccc1C(=O)N[C@H](C(=O)Nc1ccc2c(c1)COC2CC(=O)NCC(F)(F)F)C(C1CC1)C1CC1. The first-order chi connectivity index (χ1) is 19.0. The van der Waals surface area contributed by atoms with Crippen LogP contribution in [0.25, 0.3) is 0 Å². The van der Waals surface area contributed by atoms with Gasteiger partial charge in [0.1, 0.15) is 18.3 Å². The molecule has 2 aromatic rings. The van der Waals surface area contributed by atoms with Crippen LogP contribution < -0.4 is 16.0 Å². The first-order valence-electron chi connectivity index (χ1n) is 13.7. The number of carbonyl (C=O) groups is 3. The Bertz CT molecular complexity index is 1260. The maximum atomic E-state index is 13.7. The zero-order valence-electron chi connectivity index (χ0n) is 22.5. The fraction of sp³-hybridized carbons (Fsp3) is 0.571. The van der Waals surface area contributed by atoms with Crippen molar-refractivity contribution in [3.8, 4) is 0 Å². The third-order valence-electron chi connectivity index (χ3n) is 7.73. The monoisotopic (exact) mass is 561 g/mol. The summed E-state index contributed by atoms with van der Waals surface area (Å²) in [7, 11) is 0. The number of anilines is 1. The van der Waals surface area contributed by atoms with Crippen molar-refractivity contribution in [3.05, 3.63) is 47.3 Å². The summed E-state index contributed by atoms with van der Waals surface area (Å²) in [6, 6.07) is 6.07. The highest BCUT2D eigenvalue weighted by molar-refractivity contribution is 6.01. The molecule has 3 N–H and O–H groups in total. The quantitative estimate of drug-likeness (QED) is 0.379. The van der Waals surface area contributed by atoms with Crippen LogP contribution in [0, 0.1) is 17.8 Å². The van der Waals surface area contributed by atoms with Crippen LogP contribution in [0.4, 0.5) is 18.9 Å². The number of nitrogens with one attached hydrogen (secondary N) is 3. The molecule has 2 heterocycles. The van der Waals surface area contributed by atoms with Gasteiger partial charge in [0.15, 0.2) is 0 Å². The fourth-order valence-corrected chi connectivity index (χ4v) is 5.58. The molecule has 0 radical (unpaired) electrons. The molecule has 9 nitrogen and oxygen atoms in total. The third kappa shape index (κ3) is 6.65. The average Bonchev–Trinajstić information content (AvgIpc) is 3.82. The maximum absolute atomic E-state index is 13.7. The van der Waals surface area contributed by atoms with E-state index in [-0.39, 0.29) is 36.8 Å². The van der Waals surface area contributed by atoms with E-state index in [2.05, 4.69) is 15.7 Å². The van der Waals surface area contributed by atoms with Crippen LogP contribution in [0.15, 0.2) is 30.5 Å². The Balaban J connectivity index is 1.28. The molecule has 5 rings (SSSR count). The van der Waals surface area contributed by atoms with Gasteiger partial charge in [-0.1, -0.05) is 6.07 Å². The minimum atomic E-state index is -4.48. The second-order valence-corrected chi connectivity index (χ2v) is 11.3. The molecule has 1 aromatic carbocycles. The van der Waals surface area contributed by atoms with Crippen molar-refractivity contribution in [1.82, 2.24) is 20.4 Å². The Labute approximate surface area is 230 Å². The summed E-state index contributed by atoms with van der Waals surface area (Å²) < 4.78 is 44.5. The fourth-order valence-electron chi connectivity index (χ4n) is 5.58. The number of nitrogens with zero attached hydrogens (tertiary/aromatic N) is 2. The van der Waals surface area contributed by atoms with Gasteiger partial charge in [-0.25, -0.2) is 0 Å². The van der Waals surface area contributed by atoms with E-state index in [1.807, 2.05) is 19.2 Å². The van der Waals surface area contributed by atoms with E-state index in [0.717, 1.165) is 31.2 Å². The molecule has 3 aliphatic rings. The summed E-state index contributed by atoms with van der Waals surface area (Å²) in [6.07, 6.45) is 0.348. The van der Waals surface area contributed by atoms with Gasteiger partial charge in [0.2, 0.25) is 11.8 Å². The molecular weight excluding hydrogens is 527 g/mol. The van der Waals surface area contributed by atoms with Crippen molar-refractivity contribution in [2.45, 2.75) is 76.9 Å². The number of carbonyl (C=O) groups excluding carboxylic acids is 3. The summed E-state index contributed by atoms with van der Waals surface area (Å²) >= 11 is 0. The van der Waals surface area contributed by atoms with E-state index in [4.69, 9.17) is 4.74 Å². The van der Waals surface area contributed by atoms with Crippen molar-refractivity contribution < 1.29 is 32.3 Å². The first-order valence-corrected chi connectivity index (χ1v) is 13.7. The zero-order chi connectivity index (χ0) is 28.6. The average molecular weight is 562 g/mol. The van der Waals surface area contributed by atoms with Gasteiger partial charge in [0, 0.05) is 17.9 Å². The van der Waals surface area contributed by atoms with E-state index in [9.17, 15) is 27.6 Å². The predicted octanol–water partition coefficient (Wildman–Crippen LogP) is 4.28. The molecule has 1 aromatic heterocycles. The smallest absolute Gasteiger partial charge is 0.368 e. The molecular formula is C28H34F3N5O4. The van der Waals surface area contributed by atoms with Crippen LogP contribution in [0.1, 0.15) is 79.7 Å². The van der Waals surface area contributed by atoms with Crippen LogP contribution in [-0.2, 0) is 20.9 Å². The highest BCUT2D eigenvalue weighted by Crippen LogP contribution is 2.51. The van der Waals surface area contributed by atoms with Gasteiger partial charge >= 0.3 is 6.18 Å². The van der Waals surface area contributed by atoms with Crippen molar-refractivity contribution >= 4 is 23.4 Å². The van der Waals surface area contributed by atoms with Crippen molar-refractivity contribution in [2.75, 3.05) is 11.9 Å². The van der Waals surface area contributed by atoms with Gasteiger partial charge in [0.25, 0.3) is 5.91 Å². The van der Waals surface area contributed by atoms with Crippen LogP contribution >= 0.6 is 0 Å². The number of hydrogen-bond acceptors (Lipinski definition) is 5. The number of benzene rings is 1. The number of rotatable bonds is 11. The molecule has 0 bridgehead atoms. The molecule has 2 atom stereocenters. The first kappa shape index (κ1) is 28.1. The highest BCUT2D eigenvalue weighted by atomic mass is 19.4. The molecule has 0 spiro atoms. The van der Waals surface area contributed by atoms with Crippen LogP contribution in [-0.4, -0.2) is 46.3 Å². The lowest BCUT2D eigenvalue weighted by Gasteiger charge is -2.28. The lowest BCUT2D eigenvalue weighted by Crippen LogP contribution is -2.50. The summed E-state index contributed by atoms with van der Waals surface area (Å²) in [5, 5.41) is 12.1. The molecule has 12 heteroatoms. The van der Waals surface area contributed by atoms with Gasteiger partial charge in [-0.15, -0.1) is 0 Å². The van der Waals surface area contributed by atoms with Crippen molar-refractivity contribution in [2.24, 2.45) is 17.8 Å². The van der Waals surface area contributed by atoms with Gasteiger partial charge in [0.05, 0.1) is 19.1 Å². The van der Waals surface area contributed by atoms with E-state index in [1.165, 1.54) is 0 Å². The second-order valence-electron chi connectivity index (χ2n) is 11.3. The Morgan fingerprint density at radius 2 is 1.80 bits per heavy atom. The number of amides is 3. The molecule has 40 heavy (non-hydrogen) atoms. The van der Waals surface area contributed by atoms with Gasteiger partial charge in [-0.3, -0.25) is 19.1 Å². The standard InChI is InChI=1S/C28H34F3N5O4/c1-15(2)36-21(9-10-33-36)26(38)35-25(24(16-3-4-16)17-5-6-17)27(39)34-19-7-8-20-18(11-19)13-40-22(20)12-23(37)32-14-28(29,30)31/h7-11,15-17,22,24-25H,3-6,12-14H2,1-2H3,(H,32,37)(H,34,39)(H,35,38)/t22?,25-/m0/s1. The zero-order valence-corrected chi connectivity index (χ0v) is 22.5. The van der Waals surface area contributed by atoms with Crippen molar-refractivity contribution in [3.63, 3.8) is 0 Å². The number of hydrogen-bond donors (Lipinski definition) is 3. The minimum Gasteiger partial charge on any atom is -0.368 e. The van der Waals surface area contributed by atoms with Crippen molar-refractivity contribution in [1.29, 1.82) is 0 Å². The molecule has 216 valence electrons. The van der Waals surface area contributed by atoms with Gasteiger partial charge in [-0.2, -0.15) is 18.3 Å². The molecule has 1 unspecified atom stereocenters.